The van der Waals surface area contributed by atoms with Crippen molar-refractivity contribution >= 4 is 17.4 Å². The average Bonchev–Trinajstić information content (AvgIpc) is 3.15. The van der Waals surface area contributed by atoms with E-state index in [0.29, 0.717) is 6.54 Å². The normalized spacial score (nSPS) is 18.0. The van der Waals surface area contributed by atoms with Gasteiger partial charge in [-0.1, -0.05) is 6.07 Å². The van der Waals surface area contributed by atoms with E-state index in [1.165, 1.54) is 10.6 Å². The van der Waals surface area contributed by atoms with Gasteiger partial charge in [-0.15, -0.1) is 11.3 Å². The van der Waals surface area contributed by atoms with Crippen LogP contribution in [0.1, 0.15) is 16.6 Å². The van der Waals surface area contributed by atoms with Crippen molar-refractivity contribution in [2.75, 3.05) is 27.2 Å². The van der Waals surface area contributed by atoms with Crippen LogP contribution in [0.2, 0.25) is 0 Å². The summed E-state index contributed by atoms with van der Waals surface area (Å²) in [6.07, 6.45) is 1.84. The first kappa shape index (κ1) is 15.1. The molecule has 1 aliphatic rings. The largest absolute Gasteiger partial charge is 0.336 e. The molecule has 22 heavy (non-hydrogen) atoms. The molecule has 2 aromatic heterocycles. The summed E-state index contributed by atoms with van der Waals surface area (Å²) in [7, 11) is 3.50. The van der Waals surface area contributed by atoms with Gasteiger partial charge in [0, 0.05) is 51.3 Å². The summed E-state index contributed by atoms with van der Waals surface area (Å²) in [5.41, 5.74) is 1.20. The summed E-state index contributed by atoms with van der Waals surface area (Å²) < 4.78 is 2.04. The van der Waals surface area contributed by atoms with Crippen molar-refractivity contribution in [2.24, 2.45) is 0 Å². The van der Waals surface area contributed by atoms with Crippen LogP contribution in [-0.4, -0.2) is 52.8 Å². The Balaban J connectivity index is 1.68. The highest BCUT2D eigenvalue weighted by atomic mass is 32.1. The maximum Gasteiger partial charge on any atom is 0.316 e. The highest BCUT2D eigenvalue weighted by Gasteiger charge is 2.26. The quantitative estimate of drug-likeness (QED) is 0.934. The minimum Gasteiger partial charge on any atom is -0.336 e. The number of fused-ring (bicyclic) bond motifs is 1. The Labute approximate surface area is 134 Å². The molecule has 0 radical (unpaired) electrons. The minimum absolute atomic E-state index is 0.0657. The number of rotatable bonds is 4. The molecule has 118 valence electrons. The van der Waals surface area contributed by atoms with E-state index in [1.807, 2.05) is 10.9 Å². The van der Waals surface area contributed by atoms with Crippen molar-refractivity contribution < 1.29 is 4.79 Å². The highest BCUT2D eigenvalue weighted by molar-refractivity contribution is 7.09. The van der Waals surface area contributed by atoms with Crippen LogP contribution in [0.25, 0.3) is 0 Å². The Hall–Kier alpha value is -1.86. The molecule has 7 heteroatoms. The van der Waals surface area contributed by atoms with E-state index >= 15 is 0 Å². The summed E-state index contributed by atoms with van der Waals surface area (Å²) in [6.45, 7) is 3.32. The first-order valence-corrected chi connectivity index (χ1v) is 8.23. The standard InChI is InChI=1S/C15H21N5OS/c1-18(2)15(21)16-8-13-10-19(11-14-4-3-7-22-14)9-12-5-6-17-20(12)13/h3-7,13H,8-11H2,1-2H3,(H,16,21)/t13-/m1/s1. The highest BCUT2D eigenvalue weighted by Crippen LogP contribution is 2.22. The number of hydrogen-bond donors (Lipinski definition) is 1. The van der Waals surface area contributed by atoms with Gasteiger partial charge in [-0.2, -0.15) is 5.10 Å². The van der Waals surface area contributed by atoms with E-state index < -0.39 is 0 Å². The van der Waals surface area contributed by atoms with E-state index in [-0.39, 0.29) is 12.1 Å². The first-order chi connectivity index (χ1) is 10.6. The number of nitrogens with zero attached hydrogens (tertiary/aromatic N) is 4. The maximum absolute atomic E-state index is 11.7. The number of urea groups is 1. The number of carbonyl (C=O) groups excluding carboxylic acids is 1. The Morgan fingerprint density at radius 2 is 2.36 bits per heavy atom. The summed E-state index contributed by atoms with van der Waals surface area (Å²) in [6, 6.07) is 6.41. The third kappa shape index (κ3) is 3.31. The second-order valence-corrected chi connectivity index (χ2v) is 6.78. The number of amides is 2. The van der Waals surface area contributed by atoms with Gasteiger partial charge in [-0.05, 0) is 17.5 Å². The van der Waals surface area contributed by atoms with Gasteiger partial charge in [-0.3, -0.25) is 9.58 Å². The van der Waals surface area contributed by atoms with Gasteiger partial charge in [0.2, 0.25) is 0 Å². The molecule has 3 heterocycles. The second kappa shape index (κ2) is 6.50. The number of thiophene rings is 1. The topological polar surface area (TPSA) is 53.4 Å². The second-order valence-electron chi connectivity index (χ2n) is 5.75. The van der Waals surface area contributed by atoms with E-state index in [1.54, 1.807) is 30.3 Å². The zero-order valence-electron chi connectivity index (χ0n) is 12.9. The van der Waals surface area contributed by atoms with E-state index in [2.05, 4.69) is 38.9 Å². The molecule has 1 N–H and O–H groups in total. The van der Waals surface area contributed by atoms with Crippen molar-refractivity contribution in [3.8, 4) is 0 Å². The lowest BCUT2D eigenvalue weighted by Crippen LogP contribution is -2.44. The lowest BCUT2D eigenvalue weighted by atomic mass is 10.2. The SMILES string of the molecule is CN(C)C(=O)NC[C@@H]1CN(Cc2cccs2)Cc2ccnn21. The molecule has 1 atom stereocenters. The monoisotopic (exact) mass is 319 g/mol. The van der Waals surface area contributed by atoms with Crippen LogP contribution < -0.4 is 5.32 Å². The van der Waals surface area contributed by atoms with Crippen LogP contribution in [0.5, 0.6) is 0 Å². The molecule has 0 aliphatic carbocycles. The van der Waals surface area contributed by atoms with Crippen LogP contribution >= 0.6 is 11.3 Å². The van der Waals surface area contributed by atoms with Crippen molar-refractivity contribution in [3.05, 3.63) is 40.3 Å². The predicted octanol–water partition coefficient (Wildman–Crippen LogP) is 1.77. The molecular weight excluding hydrogens is 298 g/mol. The van der Waals surface area contributed by atoms with Gasteiger partial charge in [0.25, 0.3) is 0 Å². The van der Waals surface area contributed by atoms with Crippen molar-refractivity contribution in [3.63, 3.8) is 0 Å². The molecule has 2 amide bonds. The van der Waals surface area contributed by atoms with E-state index in [4.69, 9.17) is 0 Å². The minimum atomic E-state index is -0.0657. The number of nitrogens with one attached hydrogen (secondary N) is 1. The molecule has 0 saturated heterocycles. The molecule has 1 aliphatic heterocycles. The molecule has 0 aromatic carbocycles. The first-order valence-electron chi connectivity index (χ1n) is 7.36. The molecule has 0 unspecified atom stereocenters. The van der Waals surface area contributed by atoms with Gasteiger partial charge in [0.1, 0.15) is 0 Å². The molecule has 0 saturated carbocycles. The van der Waals surface area contributed by atoms with Crippen molar-refractivity contribution in [1.29, 1.82) is 0 Å². The van der Waals surface area contributed by atoms with Crippen LogP contribution in [0.15, 0.2) is 29.8 Å². The molecule has 0 fully saturated rings. The third-order valence-electron chi connectivity index (χ3n) is 3.81. The maximum atomic E-state index is 11.7. The summed E-state index contributed by atoms with van der Waals surface area (Å²) in [4.78, 5) is 17.1. The molecular formula is C15H21N5OS. The lowest BCUT2D eigenvalue weighted by Gasteiger charge is -2.33. The molecule has 2 aromatic rings. The van der Waals surface area contributed by atoms with Crippen LogP contribution in [0, 0.1) is 0 Å². The van der Waals surface area contributed by atoms with Gasteiger partial charge >= 0.3 is 6.03 Å². The molecule has 0 bridgehead atoms. The lowest BCUT2D eigenvalue weighted by molar-refractivity contribution is 0.163. The van der Waals surface area contributed by atoms with Gasteiger partial charge in [-0.25, -0.2) is 4.79 Å². The smallest absolute Gasteiger partial charge is 0.316 e. The predicted molar refractivity (Wildman–Crippen MR) is 86.8 cm³/mol. The zero-order chi connectivity index (χ0) is 15.5. The number of carbonyl (C=O) groups is 1. The Morgan fingerprint density at radius 1 is 1.50 bits per heavy atom. The van der Waals surface area contributed by atoms with Crippen LogP contribution in [-0.2, 0) is 13.1 Å². The van der Waals surface area contributed by atoms with Gasteiger partial charge in [0.05, 0.1) is 11.7 Å². The Morgan fingerprint density at radius 3 is 3.09 bits per heavy atom. The molecule has 3 rings (SSSR count). The Bertz CT molecular complexity index is 622. The average molecular weight is 319 g/mol. The molecule has 6 nitrogen and oxygen atoms in total. The zero-order valence-corrected chi connectivity index (χ0v) is 13.7. The number of hydrogen-bond acceptors (Lipinski definition) is 4. The summed E-state index contributed by atoms with van der Waals surface area (Å²) in [5.74, 6) is 0. The van der Waals surface area contributed by atoms with E-state index in [9.17, 15) is 4.79 Å². The third-order valence-corrected chi connectivity index (χ3v) is 4.67. The fourth-order valence-corrected chi connectivity index (χ4v) is 3.47. The fourth-order valence-electron chi connectivity index (χ4n) is 2.72. The van der Waals surface area contributed by atoms with Gasteiger partial charge in [0.15, 0.2) is 0 Å². The summed E-state index contributed by atoms with van der Waals surface area (Å²) in [5, 5.41) is 9.49. The fraction of sp³-hybridized carbons (Fsp3) is 0.467. The van der Waals surface area contributed by atoms with Gasteiger partial charge < -0.3 is 10.2 Å². The summed E-state index contributed by atoms with van der Waals surface area (Å²) >= 11 is 1.78. The molecule has 0 spiro atoms. The van der Waals surface area contributed by atoms with Crippen molar-refractivity contribution in [1.82, 2.24) is 24.9 Å². The van der Waals surface area contributed by atoms with Crippen LogP contribution in [0.4, 0.5) is 4.79 Å². The van der Waals surface area contributed by atoms with Crippen LogP contribution in [0.3, 0.4) is 0 Å². The Kier molecular flexibility index (Phi) is 4.44. The van der Waals surface area contributed by atoms with Crippen molar-refractivity contribution in [2.45, 2.75) is 19.1 Å². The number of aromatic nitrogens is 2. The van der Waals surface area contributed by atoms with E-state index in [0.717, 1.165) is 19.6 Å².